The van der Waals surface area contributed by atoms with Gasteiger partial charge in [0.25, 0.3) is 5.91 Å². The van der Waals surface area contributed by atoms with E-state index in [0.29, 0.717) is 11.1 Å². The van der Waals surface area contributed by atoms with E-state index < -0.39 is 18.6 Å². The minimum atomic E-state index is -4.37. The summed E-state index contributed by atoms with van der Waals surface area (Å²) < 4.78 is 37.0. The molecule has 0 bridgehead atoms. The van der Waals surface area contributed by atoms with Crippen LogP contribution in [0.15, 0.2) is 18.2 Å². The van der Waals surface area contributed by atoms with E-state index in [1.807, 2.05) is 6.92 Å². The second-order valence-corrected chi connectivity index (χ2v) is 4.25. The predicted molar refractivity (Wildman–Crippen MR) is 63.5 cm³/mol. The van der Waals surface area contributed by atoms with E-state index in [1.165, 1.54) is 6.92 Å². The molecular weight excluding hydrogens is 243 g/mol. The Morgan fingerprint density at radius 3 is 2.33 bits per heavy atom. The van der Waals surface area contributed by atoms with E-state index in [-0.39, 0.29) is 6.54 Å². The highest BCUT2D eigenvalue weighted by Gasteiger charge is 2.32. The molecule has 1 aromatic rings. The topological polar surface area (TPSA) is 20.3 Å². The fourth-order valence-electron chi connectivity index (χ4n) is 1.77. The summed E-state index contributed by atoms with van der Waals surface area (Å²) in [5.41, 5.74) is 2.00. The Hall–Kier alpha value is -1.52. The zero-order valence-corrected chi connectivity index (χ0v) is 10.6. The van der Waals surface area contributed by atoms with Gasteiger partial charge in [-0.05, 0) is 32.4 Å². The average molecular weight is 259 g/mol. The van der Waals surface area contributed by atoms with Gasteiger partial charge >= 0.3 is 6.18 Å². The standard InChI is InChI=1S/C13H16F3NO/c1-4-17(8-13(14,15)16)12(18)11-6-5-9(2)7-10(11)3/h5-7H,4,8H2,1-3H3. The molecule has 18 heavy (non-hydrogen) atoms. The Labute approximate surface area is 104 Å². The third-order valence-electron chi connectivity index (χ3n) is 2.65. The van der Waals surface area contributed by atoms with E-state index in [9.17, 15) is 18.0 Å². The number of carbonyl (C=O) groups excluding carboxylic acids is 1. The fraction of sp³-hybridized carbons (Fsp3) is 0.462. The van der Waals surface area contributed by atoms with Gasteiger partial charge in [-0.2, -0.15) is 13.2 Å². The molecule has 0 atom stereocenters. The third kappa shape index (κ3) is 3.75. The second kappa shape index (κ2) is 5.42. The molecule has 0 spiro atoms. The number of carbonyl (C=O) groups is 1. The van der Waals surface area contributed by atoms with Crippen molar-refractivity contribution >= 4 is 5.91 Å². The van der Waals surface area contributed by atoms with Gasteiger partial charge in [-0.25, -0.2) is 0 Å². The number of amides is 1. The van der Waals surface area contributed by atoms with Crippen molar-refractivity contribution in [3.05, 3.63) is 34.9 Å². The molecule has 0 heterocycles. The van der Waals surface area contributed by atoms with Crippen LogP contribution in [0.25, 0.3) is 0 Å². The maximum atomic E-state index is 12.3. The van der Waals surface area contributed by atoms with Crippen molar-refractivity contribution < 1.29 is 18.0 Å². The molecule has 0 aliphatic rings. The molecule has 1 amide bonds. The molecule has 0 N–H and O–H groups in total. The number of aryl methyl sites for hydroxylation is 2. The van der Waals surface area contributed by atoms with Gasteiger partial charge in [0, 0.05) is 12.1 Å². The lowest BCUT2D eigenvalue weighted by Crippen LogP contribution is -2.39. The Kier molecular flexibility index (Phi) is 4.38. The van der Waals surface area contributed by atoms with Crippen LogP contribution in [0.1, 0.15) is 28.4 Å². The number of halogens is 3. The van der Waals surface area contributed by atoms with Crippen molar-refractivity contribution in [2.24, 2.45) is 0 Å². The Balaban J connectivity index is 2.97. The van der Waals surface area contributed by atoms with E-state index in [1.54, 1.807) is 25.1 Å². The van der Waals surface area contributed by atoms with Crippen LogP contribution in [-0.4, -0.2) is 30.1 Å². The zero-order chi connectivity index (χ0) is 13.9. The van der Waals surface area contributed by atoms with Crippen LogP contribution < -0.4 is 0 Å². The minimum absolute atomic E-state index is 0.0334. The van der Waals surface area contributed by atoms with E-state index in [2.05, 4.69) is 0 Å². The number of rotatable bonds is 3. The second-order valence-electron chi connectivity index (χ2n) is 4.25. The molecule has 0 saturated heterocycles. The average Bonchev–Trinajstić information content (AvgIpc) is 2.24. The molecule has 0 aromatic heterocycles. The van der Waals surface area contributed by atoms with Crippen molar-refractivity contribution in [2.75, 3.05) is 13.1 Å². The Morgan fingerprint density at radius 2 is 1.89 bits per heavy atom. The predicted octanol–water partition coefficient (Wildman–Crippen LogP) is 3.33. The lowest BCUT2D eigenvalue weighted by atomic mass is 10.0. The molecule has 5 heteroatoms. The summed E-state index contributed by atoms with van der Waals surface area (Å²) in [6.45, 7) is 3.95. The molecule has 1 aromatic carbocycles. The van der Waals surface area contributed by atoms with Crippen LogP contribution in [-0.2, 0) is 0 Å². The highest BCUT2D eigenvalue weighted by atomic mass is 19.4. The van der Waals surface area contributed by atoms with Gasteiger partial charge in [0.05, 0.1) is 0 Å². The maximum Gasteiger partial charge on any atom is 0.406 e. The molecule has 0 saturated carbocycles. The lowest BCUT2D eigenvalue weighted by molar-refractivity contribution is -0.140. The summed E-state index contributed by atoms with van der Waals surface area (Å²) in [6, 6.07) is 5.09. The lowest BCUT2D eigenvalue weighted by Gasteiger charge is -2.23. The highest BCUT2D eigenvalue weighted by Crippen LogP contribution is 2.19. The molecule has 0 radical (unpaired) electrons. The number of hydrogen-bond acceptors (Lipinski definition) is 1. The molecule has 0 aliphatic heterocycles. The van der Waals surface area contributed by atoms with Gasteiger partial charge in [-0.1, -0.05) is 17.7 Å². The van der Waals surface area contributed by atoms with Crippen molar-refractivity contribution in [3.63, 3.8) is 0 Å². The largest absolute Gasteiger partial charge is 0.406 e. The van der Waals surface area contributed by atoms with Crippen LogP contribution in [0.5, 0.6) is 0 Å². The van der Waals surface area contributed by atoms with Crippen LogP contribution in [0.3, 0.4) is 0 Å². The van der Waals surface area contributed by atoms with Crippen molar-refractivity contribution in [2.45, 2.75) is 26.9 Å². The van der Waals surface area contributed by atoms with Gasteiger partial charge in [-0.15, -0.1) is 0 Å². The van der Waals surface area contributed by atoms with Gasteiger partial charge in [-0.3, -0.25) is 4.79 Å². The normalized spacial score (nSPS) is 11.4. The SMILES string of the molecule is CCN(CC(F)(F)F)C(=O)c1ccc(C)cc1C. The minimum Gasteiger partial charge on any atom is -0.330 e. The molecule has 1 rings (SSSR count). The van der Waals surface area contributed by atoms with Crippen molar-refractivity contribution in [3.8, 4) is 0 Å². The number of nitrogens with zero attached hydrogens (tertiary/aromatic N) is 1. The Bertz CT molecular complexity index is 440. The number of benzene rings is 1. The van der Waals surface area contributed by atoms with E-state index in [4.69, 9.17) is 0 Å². The molecule has 0 unspecified atom stereocenters. The monoisotopic (exact) mass is 259 g/mol. The van der Waals surface area contributed by atoms with E-state index in [0.717, 1.165) is 10.5 Å². The first kappa shape index (κ1) is 14.5. The zero-order valence-electron chi connectivity index (χ0n) is 10.6. The fourth-order valence-corrected chi connectivity index (χ4v) is 1.77. The smallest absolute Gasteiger partial charge is 0.330 e. The molecule has 100 valence electrons. The van der Waals surface area contributed by atoms with Gasteiger partial charge < -0.3 is 4.90 Å². The summed E-state index contributed by atoms with van der Waals surface area (Å²) >= 11 is 0. The first-order valence-electron chi connectivity index (χ1n) is 5.68. The molecule has 0 aliphatic carbocycles. The molecule has 2 nitrogen and oxygen atoms in total. The van der Waals surface area contributed by atoms with Crippen LogP contribution in [0, 0.1) is 13.8 Å². The summed E-state index contributed by atoms with van der Waals surface area (Å²) in [6.07, 6.45) is -4.37. The van der Waals surface area contributed by atoms with Crippen molar-refractivity contribution in [1.29, 1.82) is 0 Å². The van der Waals surface area contributed by atoms with Crippen LogP contribution in [0.2, 0.25) is 0 Å². The summed E-state index contributed by atoms with van der Waals surface area (Å²) in [5, 5.41) is 0. The first-order valence-corrected chi connectivity index (χ1v) is 5.68. The summed E-state index contributed by atoms with van der Waals surface area (Å²) in [5.74, 6) is -0.577. The van der Waals surface area contributed by atoms with E-state index >= 15 is 0 Å². The Morgan fingerprint density at radius 1 is 1.28 bits per heavy atom. The molecular formula is C13H16F3NO. The first-order chi connectivity index (χ1) is 8.24. The molecule has 0 fully saturated rings. The van der Waals surface area contributed by atoms with Gasteiger partial charge in [0.1, 0.15) is 6.54 Å². The third-order valence-corrected chi connectivity index (χ3v) is 2.65. The summed E-state index contributed by atoms with van der Waals surface area (Å²) in [7, 11) is 0. The number of alkyl halides is 3. The van der Waals surface area contributed by atoms with Gasteiger partial charge in [0.15, 0.2) is 0 Å². The van der Waals surface area contributed by atoms with Gasteiger partial charge in [0.2, 0.25) is 0 Å². The number of hydrogen-bond donors (Lipinski definition) is 0. The maximum absolute atomic E-state index is 12.3. The summed E-state index contributed by atoms with van der Waals surface area (Å²) in [4.78, 5) is 12.8. The quantitative estimate of drug-likeness (QED) is 0.815. The van der Waals surface area contributed by atoms with Crippen molar-refractivity contribution in [1.82, 2.24) is 4.90 Å². The highest BCUT2D eigenvalue weighted by molar-refractivity contribution is 5.95. The van der Waals surface area contributed by atoms with Crippen LogP contribution in [0.4, 0.5) is 13.2 Å². The van der Waals surface area contributed by atoms with Crippen LogP contribution >= 0.6 is 0 Å².